The summed E-state index contributed by atoms with van der Waals surface area (Å²) in [4.78, 5) is 8.89. The quantitative estimate of drug-likeness (QED) is 0.497. The Morgan fingerprint density at radius 1 is 1.42 bits per heavy atom. The lowest BCUT2D eigenvalue weighted by molar-refractivity contribution is -0.870. The highest BCUT2D eigenvalue weighted by molar-refractivity contribution is 7.80. The van der Waals surface area contributed by atoms with E-state index in [1.54, 1.807) is 0 Å². The average molecular weight is 193 g/mol. The van der Waals surface area contributed by atoms with Crippen molar-refractivity contribution in [1.82, 2.24) is 0 Å². The fourth-order valence-electron chi connectivity index (χ4n) is 0.545. The smallest absolute Gasteiger partial charge is 0.0788 e. The van der Waals surface area contributed by atoms with E-state index in [4.69, 9.17) is 9.90 Å². The molecule has 0 aromatic heterocycles. The zero-order valence-corrected chi connectivity index (χ0v) is 9.23. The van der Waals surface area contributed by atoms with Gasteiger partial charge in [0.05, 0.1) is 27.7 Å². The molecule has 3 nitrogen and oxygen atoms in total. The molecule has 0 amide bonds. The second kappa shape index (κ2) is 7.43. The maximum Gasteiger partial charge on any atom is 0.0788 e. The predicted molar refractivity (Wildman–Crippen MR) is 52.1 cm³/mol. The van der Waals surface area contributed by atoms with Crippen LogP contribution in [0.5, 0.6) is 0 Å². The number of carbonyl (C=O) groups excluding carboxylic acids is 1. The number of nitrogens with zero attached hydrogens (tertiary/aromatic N) is 1. The van der Waals surface area contributed by atoms with Crippen molar-refractivity contribution in [2.45, 2.75) is 13.3 Å². The van der Waals surface area contributed by atoms with Gasteiger partial charge in [0.15, 0.2) is 0 Å². The Morgan fingerprint density at radius 3 is 1.83 bits per heavy atom. The Kier molecular flexibility index (Phi) is 8.86. The number of thiol groups is 1. The number of carbonyl (C=O) groups is 1. The van der Waals surface area contributed by atoms with E-state index in [9.17, 15) is 0 Å². The van der Waals surface area contributed by atoms with Crippen molar-refractivity contribution in [2.24, 2.45) is 0 Å². The highest BCUT2D eigenvalue weighted by Crippen LogP contribution is 1.93. The lowest BCUT2D eigenvalue weighted by atomic mass is 10.4. The van der Waals surface area contributed by atoms with Crippen molar-refractivity contribution >= 4 is 18.6 Å². The molecule has 0 heterocycles. The van der Waals surface area contributed by atoms with Crippen molar-refractivity contribution in [3.63, 3.8) is 0 Å². The number of quaternary nitrogens is 1. The topological polar surface area (TPSA) is 40.1 Å². The zero-order chi connectivity index (χ0) is 10.2. The third-order valence-electron chi connectivity index (χ3n) is 0.987. The summed E-state index contributed by atoms with van der Waals surface area (Å²) >= 11 is 4.12. The van der Waals surface area contributed by atoms with Gasteiger partial charge in [0.1, 0.15) is 0 Å². The molecule has 0 saturated heterocycles. The third kappa shape index (κ3) is 33.0. The van der Waals surface area contributed by atoms with Gasteiger partial charge in [-0.1, -0.05) is 0 Å². The monoisotopic (exact) mass is 193 g/mol. The van der Waals surface area contributed by atoms with Crippen LogP contribution in [-0.4, -0.2) is 43.9 Å². The van der Waals surface area contributed by atoms with Gasteiger partial charge < -0.3 is 14.4 Å². The standard InChI is InChI=1S/C6H15NS.C2H4O2/c1-7(2,3)5-4-6-8;1-2(3)4/h4-6H2,1-3H3;1H3,(H,3,4). The number of carboxylic acids is 1. The first-order chi connectivity index (χ1) is 5.29. The van der Waals surface area contributed by atoms with Crippen LogP contribution in [0.15, 0.2) is 0 Å². The van der Waals surface area contributed by atoms with Gasteiger partial charge in [-0.3, -0.25) is 0 Å². The van der Waals surface area contributed by atoms with E-state index < -0.39 is 5.97 Å². The van der Waals surface area contributed by atoms with E-state index in [-0.39, 0.29) is 0 Å². The van der Waals surface area contributed by atoms with Gasteiger partial charge in [0, 0.05) is 12.4 Å². The van der Waals surface area contributed by atoms with Crippen LogP contribution in [0, 0.1) is 0 Å². The molecular formula is C8H19NO2S. The van der Waals surface area contributed by atoms with E-state index >= 15 is 0 Å². The van der Waals surface area contributed by atoms with Gasteiger partial charge >= 0.3 is 0 Å². The molecule has 0 fully saturated rings. The number of hydrogen-bond donors (Lipinski definition) is 1. The van der Waals surface area contributed by atoms with Crippen LogP contribution >= 0.6 is 12.6 Å². The van der Waals surface area contributed by atoms with Crippen LogP contribution in [0.4, 0.5) is 0 Å². The summed E-state index contributed by atoms with van der Waals surface area (Å²) in [6, 6.07) is 0. The van der Waals surface area contributed by atoms with Gasteiger partial charge in [-0.25, -0.2) is 0 Å². The lowest BCUT2D eigenvalue weighted by Gasteiger charge is -2.23. The molecule has 0 aliphatic carbocycles. The molecule has 0 radical (unpaired) electrons. The highest BCUT2D eigenvalue weighted by Gasteiger charge is 2.03. The van der Waals surface area contributed by atoms with E-state index in [0.29, 0.717) is 0 Å². The van der Waals surface area contributed by atoms with Gasteiger partial charge in [-0.05, 0) is 12.7 Å². The molecule has 0 spiro atoms. The SMILES string of the molecule is CC(=O)[O-].C[N+](C)(C)CCCS. The largest absolute Gasteiger partial charge is 0.550 e. The van der Waals surface area contributed by atoms with Crippen molar-refractivity contribution < 1.29 is 14.4 Å². The minimum atomic E-state index is -1.08. The third-order valence-corrected chi connectivity index (χ3v) is 1.30. The van der Waals surface area contributed by atoms with Crippen LogP contribution < -0.4 is 5.11 Å². The Labute approximate surface area is 80.4 Å². The van der Waals surface area contributed by atoms with Gasteiger partial charge in [-0.15, -0.1) is 0 Å². The lowest BCUT2D eigenvalue weighted by Crippen LogP contribution is -2.35. The first-order valence-corrected chi connectivity index (χ1v) is 4.51. The van der Waals surface area contributed by atoms with Crippen molar-refractivity contribution in [3.8, 4) is 0 Å². The van der Waals surface area contributed by atoms with E-state index in [0.717, 1.165) is 17.2 Å². The zero-order valence-electron chi connectivity index (χ0n) is 8.33. The summed E-state index contributed by atoms with van der Waals surface area (Å²) < 4.78 is 1.06. The normalized spacial score (nSPS) is 10.1. The van der Waals surface area contributed by atoms with Gasteiger partial charge in [-0.2, -0.15) is 12.6 Å². The molecule has 0 saturated carbocycles. The van der Waals surface area contributed by atoms with E-state index in [2.05, 4.69) is 33.8 Å². The molecule has 0 aliphatic rings. The van der Waals surface area contributed by atoms with Crippen molar-refractivity contribution in [3.05, 3.63) is 0 Å². The van der Waals surface area contributed by atoms with E-state index in [1.165, 1.54) is 13.0 Å². The first kappa shape index (κ1) is 14.3. The fraction of sp³-hybridized carbons (Fsp3) is 0.875. The molecule has 0 unspecified atom stereocenters. The second-order valence-corrected chi connectivity index (χ2v) is 4.03. The summed E-state index contributed by atoms with van der Waals surface area (Å²) in [5, 5.41) is 8.89. The summed E-state index contributed by atoms with van der Waals surface area (Å²) in [7, 11) is 6.59. The number of rotatable bonds is 3. The van der Waals surface area contributed by atoms with Crippen molar-refractivity contribution in [1.29, 1.82) is 0 Å². The average Bonchev–Trinajstić information content (AvgIpc) is 1.80. The highest BCUT2D eigenvalue weighted by atomic mass is 32.1. The first-order valence-electron chi connectivity index (χ1n) is 3.88. The molecule has 0 aliphatic heterocycles. The molecular weight excluding hydrogens is 174 g/mol. The molecule has 12 heavy (non-hydrogen) atoms. The summed E-state index contributed by atoms with van der Waals surface area (Å²) in [5.74, 6) is -0.0739. The molecule has 4 heteroatoms. The van der Waals surface area contributed by atoms with Crippen LogP contribution in [-0.2, 0) is 4.79 Å². The molecule has 0 bridgehead atoms. The number of hydrogen-bond acceptors (Lipinski definition) is 3. The van der Waals surface area contributed by atoms with Gasteiger partial charge in [0.25, 0.3) is 0 Å². The molecule has 0 rings (SSSR count). The predicted octanol–water partition coefficient (Wildman–Crippen LogP) is -0.231. The minimum Gasteiger partial charge on any atom is -0.550 e. The Balaban J connectivity index is 0. The summed E-state index contributed by atoms with van der Waals surface area (Å²) in [6.45, 7) is 2.20. The van der Waals surface area contributed by atoms with Gasteiger partial charge in [0.2, 0.25) is 0 Å². The Hall–Kier alpha value is -0.220. The Morgan fingerprint density at radius 2 is 1.75 bits per heavy atom. The summed E-state index contributed by atoms with van der Waals surface area (Å²) in [5.41, 5.74) is 0. The molecule has 0 N–H and O–H groups in total. The summed E-state index contributed by atoms with van der Waals surface area (Å²) in [6.07, 6.45) is 1.21. The number of aliphatic carboxylic acids is 1. The fourth-order valence-corrected chi connectivity index (χ4v) is 0.686. The Bertz CT molecular complexity index is 117. The van der Waals surface area contributed by atoms with Crippen LogP contribution in [0.1, 0.15) is 13.3 Å². The molecule has 74 valence electrons. The van der Waals surface area contributed by atoms with Crippen molar-refractivity contribution in [2.75, 3.05) is 33.4 Å². The molecule has 0 aromatic rings. The number of carboxylic acid groups (broad SMARTS) is 1. The van der Waals surface area contributed by atoms with Crippen LogP contribution in [0.2, 0.25) is 0 Å². The molecule has 0 aromatic carbocycles. The maximum absolute atomic E-state index is 8.89. The maximum atomic E-state index is 8.89. The minimum absolute atomic E-state index is 0.972. The van der Waals surface area contributed by atoms with E-state index in [1.807, 2.05) is 0 Å². The van der Waals surface area contributed by atoms with Crippen LogP contribution in [0.25, 0.3) is 0 Å². The van der Waals surface area contributed by atoms with Crippen LogP contribution in [0.3, 0.4) is 0 Å². The molecule has 0 atom stereocenters. The second-order valence-electron chi connectivity index (χ2n) is 3.58.